The van der Waals surface area contributed by atoms with Crippen LogP contribution in [0.4, 0.5) is 0 Å². The molecule has 0 amide bonds. The highest BCUT2D eigenvalue weighted by Crippen LogP contribution is 2.58. The van der Waals surface area contributed by atoms with Gasteiger partial charge in [0.15, 0.2) is 11.6 Å². The fraction of sp³-hybridized carbons (Fsp3) is 0.522. The Bertz CT molecular complexity index is 1000. The Labute approximate surface area is 217 Å². The van der Waals surface area contributed by atoms with Crippen molar-refractivity contribution in [3.05, 3.63) is 38.0 Å². The zero-order valence-electron chi connectivity index (χ0n) is 17.9. The van der Waals surface area contributed by atoms with Gasteiger partial charge in [-0.05, 0) is 69.6 Å². The van der Waals surface area contributed by atoms with Crippen LogP contribution in [0.3, 0.4) is 0 Å². The van der Waals surface area contributed by atoms with E-state index < -0.39 is 34.6 Å². The van der Waals surface area contributed by atoms with Crippen molar-refractivity contribution >= 4 is 65.6 Å². The zero-order chi connectivity index (χ0) is 23.9. The lowest BCUT2D eigenvalue weighted by Gasteiger charge is -2.25. The van der Waals surface area contributed by atoms with Gasteiger partial charge in [0.05, 0.1) is 38.0 Å². The first kappa shape index (κ1) is 25.0. The number of aliphatic hydroxyl groups is 2. The lowest BCUT2D eigenvalue weighted by atomic mass is 9.79. The van der Waals surface area contributed by atoms with Crippen molar-refractivity contribution in [1.82, 2.24) is 5.32 Å². The van der Waals surface area contributed by atoms with E-state index in [2.05, 4.69) is 58.1 Å². The predicted molar refractivity (Wildman–Crippen MR) is 135 cm³/mol. The summed E-state index contributed by atoms with van der Waals surface area (Å²) in [7, 11) is 1.92. The van der Waals surface area contributed by atoms with E-state index in [9.17, 15) is 19.8 Å². The highest BCUT2D eigenvalue weighted by molar-refractivity contribution is 9.11. The maximum absolute atomic E-state index is 12.9. The zero-order valence-corrected chi connectivity index (χ0v) is 22.7. The molecule has 2 fully saturated rings. The topological polar surface area (TPSA) is 108 Å². The fourth-order valence-corrected chi connectivity index (χ4v) is 7.60. The van der Waals surface area contributed by atoms with Gasteiger partial charge in [-0.15, -0.1) is 0 Å². The largest absolute Gasteiger partial charge is 0.511 e. The smallest absolute Gasteiger partial charge is 0.172 e. The Morgan fingerprint density at radius 2 is 1.88 bits per heavy atom. The second-order valence-corrected chi connectivity index (χ2v) is 11.3. The summed E-state index contributed by atoms with van der Waals surface area (Å²) in [5.41, 5.74) is 1.35. The molecule has 0 spiro atoms. The third-order valence-electron chi connectivity index (χ3n) is 6.67. The van der Waals surface area contributed by atoms with Gasteiger partial charge >= 0.3 is 0 Å². The average Bonchev–Trinajstić information content (AvgIpc) is 3.28. The van der Waals surface area contributed by atoms with Crippen LogP contribution in [-0.2, 0) is 16.0 Å². The summed E-state index contributed by atoms with van der Waals surface area (Å²) < 4.78 is 7.64. The molecule has 3 N–H and O–H groups in total. The Balaban J connectivity index is 1.31. The number of alkyl halides is 1. The number of nitrogens with one attached hydrogen (secondary N) is 1. The van der Waals surface area contributed by atoms with Crippen LogP contribution >= 0.6 is 47.8 Å². The summed E-state index contributed by atoms with van der Waals surface area (Å²) in [4.78, 5) is 29.0. The number of allylic oxidation sites excluding steroid dienone is 2. The van der Waals surface area contributed by atoms with Gasteiger partial charge in [-0.3, -0.25) is 14.6 Å². The molecule has 0 heterocycles. The van der Waals surface area contributed by atoms with Gasteiger partial charge in [-0.25, -0.2) is 0 Å². The van der Waals surface area contributed by atoms with Gasteiger partial charge in [0.25, 0.3) is 0 Å². The van der Waals surface area contributed by atoms with Gasteiger partial charge in [0.2, 0.25) is 0 Å². The van der Waals surface area contributed by atoms with E-state index in [-0.39, 0.29) is 22.9 Å². The van der Waals surface area contributed by atoms with Crippen LogP contribution in [0.2, 0.25) is 0 Å². The number of aliphatic hydroxyl groups excluding tert-OH is 2. The molecule has 1 aromatic carbocycles. The number of fused-ring (bicyclic) bond motifs is 5. The van der Waals surface area contributed by atoms with Crippen LogP contribution in [0.1, 0.15) is 12.0 Å². The van der Waals surface area contributed by atoms with Crippen molar-refractivity contribution in [2.24, 2.45) is 28.7 Å². The second-order valence-electron chi connectivity index (χ2n) is 8.59. The quantitative estimate of drug-likeness (QED) is 0.215. The lowest BCUT2D eigenvalue weighted by Crippen LogP contribution is -2.37. The van der Waals surface area contributed by atoms with Crippen molar-refractivity contribution in [3.63, 3.8) is 0 Å². The van der Waals surface area contributed by atoms with E-state index in [4.69, 9.17) is 4.74 Å². The Kier molecular flexibility index (Phi) is 7.79. The molecule has 6 unspecified atom stereocenters. The fourth-order valence-electron chi connectivity index (χ4n) is 5.14. The highest BCUT2D eigenvalue weighted by Gasteiger charge is 2.68. The molecule has 6 atom stereocenters. The van der Waals surface area contributed by atoms with Crippen molar-refractivity contribution in [2.45, 2.75) is 23.8 Å². The highest BCUT2D eigenvalue weighted by atomic mass is 79.9. The molecule has 7 nitrogen and oxygen atoms in total. The number of nitrogens with zero attached hydrogens (tertiary/aromatic N) is 1. The van der Waals surface area contributed by atoms with E-state index in [0.29, 0.717) is 19.6 Å². The summed E-state index contributed by atoms with van der Waals surface area (Å²) in [6, 6.07) is 4.08. The molecule has 33 heavy (non-hydrogen) atoms. The number of benzene rings is 1. The van der Waals surface area contributed by atoms with Gasteiger partial charge < -0.3 is 20.3 Å². The normalized spacial score (nSPS) is 30.7. The van der Waals surface area contributed by atoms with E-state index in [0.717, 1.165) is 27.7 Å². The van der Waals surface area contributed by atoms with Crippen LogP contribution in [0.5, 0.6) is 5.75 Å². The Morgan fingerprint density at radius 1 is 1.18 bits per heavy atom. The predicted octanol–water partition coefficient (Wildman–Crippen LogP) is 3.39. The molecule has 3 aliphatic carbocycles. The summed E-state index contributed by atoms with van der Waals surface area (Å²) in [6.07, 6.45) is 2.04. The van der Waals surface area contributed by atoms with Crippen LogP contribution < -0.4 is 10.1 Å². The third-order valence-corrected chi connectivity index (χ3v) is 8.91. The molecule has 0 aliphatic heterocycles. The summed E-state index contributed by atoms with van der Waals surface area (Å²) in [5, 5.41) is 24.1. The van der Waals surface area contributed by atoms with Gasteiger partial charge in [-0.2, -0.15) is 0 Å². The summed E-state index contributed by atoms with van der Waals surface area (Å²) >= 11 is 10.4. The number of Topliss-reactive ketones (excluding diaryl/α,β-unsaturated/α-hetero) is 2. The third kappa shape index (κ3) is 4.49. The first-order valence-corrected chi connectivity index (χ1v) is 13.4. The lowest BCUT2D eigenvalue weighted by molar-refractivity contribution is -0.126. The van der Waals surface area contributed by atoms with Crippen LogP contribution in [0.15, 0.2) is 37.4 Å². The van der Waals surface area contributed by atoms with Gasteiger partial charge in [0, 0.05) is 36.9 Å². The molecular weight excluding hydrogens is 624 g/mol. The molecule has 4 rings (SSSR count). The molecular formula is C23H25Br3N2O5. The van der Waals surface area contributed by atoms with Crippen molar-refractivity contribution in [1.29, 1.82) is 0 Å². The van der Waals surface area contributed by atoms with Crippen LogP contribution in [0.25, 0.3) is 0 Å². The van der Waals surface area contributed by atoms with E-state index in [1.807, 2.05) is 19.2 Å². The number of halogens is 3. The maximum atomic E-state index is 12.9. The number of carbonyl (C=O) groups is 2. The van der Waals surface area contributed by atoms with Crippen molar-refractivity contribution in [2.75, 3.05) is 26.7 Å². The standard InChI is InChI=1S/C23H25Br3N2O5/c1-27-5-3-10-7-12(24)23(13(25)8-10)33-6-2-4-28-9-11-19(29)14-15(20(11)30)17-21(31)16(14)18(26)22(17)32/h7-9,14-18,21,27,30-31H,2-6H2,1H3. The monoisotopic (exact) mass is 646 g/mol. The number of likely N-dealkylation sites (N-methyl/N-ethyl adjacent to an activating group) is 1. The first-order chi connectivity index (χ1) is 15.8. The molecule has 0 aromatic heterocycles. The van der Waals surface area contributed by atoms with Crippen molar-refractivity contribution < 1.29 is 24.5 Å². The molecule has 1 aromatic rings. The molecule has 2 bridgehead atoms. The first-order valence-electron chi connectivity index (χ1n) is 10.9. The molecule has 2 saturated carbocycles. The molecule has 0 radical (unpaired) electrons. The van der Waals surface area contributed by atoms with E-state index in [1.165, 1.54) is 11.8 Å². The SMILES string of the molecule is CNCCc1cc(Br)c(OCCCN=CC2=C(O)C3C4C(=O)C(Br)C(C4O)C3C2=O)c(Br)c1. The number of rotatable bonds is 9. The van der Waals surface area contributed by atoms with Crippen molar-refractivity contribution in [3.8, 4) is 5.75 Å². The second kappa shape index (κ2) is 10.3. The summed E-state index contributed by atoms with van der Waals surface area (Å²) in [5.74, 6) is -2.19. The van der Waals surface area contributed by atoms with Gasteiger partial charge in [0.1, 0.15) is 11.5 Å². The average molecular weight is 649 g/mol. The van der Waals surface area contributed by atoms with Gasteiger partial charge in [-0.1, -0.05) is 15.9 Å². The number of ketones is 2. The molecule has 3 aliphatic rings. The molecule has 0 saturated heterocycles. The Hall–Kier alpha value is -1.07. The van der Waals surface area contributed by atoms with E-state index >= 15 is 0 Å². The number of aliphatic imine (C=N–C) groups is 1. The minimum atomic E-state index is -0.894. The van der Waals surface area contributed by atoms with Crippen LogP contribution in [0, 0.1) is 23.7 Å². The Morgan fingerprint density at radius 3 is 2.55 bits per heavy atom. The summed E-state index contributed by atoms with van der Waals surface area (Å²) in [6.45, 7) is 1.75. The van der Waals surface area contributed by atoms with E-state index in [1.54, 1.807) is 0 Å². The number of carbonyl (C=O) groups excluding carboxylic acids is 2. The molecule has 178 valence electrons. The number of hydrogen-bond acceptors (Lipinski definition) is 7. The number of ether oxygens (including phenoxy) is 1. The molecule has 10 heteroatoms. The maximum Gasteiger partial charge on any atom is 0.172 e. The number of hydrogen-bond donors (Lipinski definition) is 3. The minimum Gasteiger partial charge on any atom is -0.511 e. The minimum absolute atomic E-state index is 0.115. The van der Waals surface area contributed by atoms with Crippen LogP contribution in [-0.4, -0.2) is 65.7 Å².